The Hall–Kier alpha value is -2.96. The van der Waals surface area contributed by atoms with Crippen molar-refractivity contribution in [2.24, 2.45) is 0 Å². The number of aryl methyl sites for hydroxylation is 1. The molecule has 0 bridgehead atoms. The summed E-state index contributed by atoms with van der Waals surface area (Å²) < 4.78 is 7.31. The molecule has 1 N–H and O–H groups in total. The topological polar surface area (TPSA) is 85.8 Å². The predicted octanol–water partition coefficient (Wildman–Crippen LogP) is 1.68. The molecule has 0 unspecified atom stereocenters. The minimum Gasteiger partial charge on any atom is -0.355 e. The van der Waals surface area contributed by atoms with Crippen LogP contribution in [0.4, 0.5) is 0 Å². The largest absolute Gasteiger partial charge is 0.355 e. The summed E-state index contributed by atoms with van der Waals surface area (Å²) in [5, 5.41) is 6.86. The van der Waals surface area contributed by atoms with Gasteiger partial charge in [-0.05, 0) is 18.6 Å². The highest BCUT2D eigenvalue weighted by Crippen LogP contribution is 2.19. The van der Waals surface area contributed by atoms with E-state index in [1.54, 1.807) is 24.7 Å². The van der Waals surface area contributed by atoms with Crippen molar-refractivity contribution in [3.8, 4) is 11.3 Å². The quantitative estimate of drug-likeness (QED) is 0.795. The SMILES string of the molecule is O=C(N[C@@H]1CCc2nccn2C1)c1cc(-c2cccnc2)on1. The third-order valence-corrected chi connectivity index (χ3v) is 3.96. The first-order valence-corrected chi connectivity index (χ1v) is 7.47. The Morgan fingerprint density at radius 2 is 2.35 bits per heavy atom. The number of amides is 1. The fourth-order valence-corrected chi connectivity index (χ4v) is 2.77. The Morgan fingerprint density at radius 1 is 1.39 bits per heavy atom. The molecule has 0 spiro atoms. The number of nitrogens with zero attached hydrogens (tertiary/aromatic N) is 4. The maximum absolute atomic E-state index is 12.3. The molecule has 4 rings (SSSR count). The van der Waals surface area contributed by atoms with Crippen LogP contribution in [0, 0.1) is 0 Å². The van der Waals surface area contributed by atoms with Gasteiger partial charge < -0.3 is 14.4 Å². The highest BCUT2D eigenvalue weighted by atomic mass is 16.5. The van der Waals surface area contributed by atoms with E-state index in [1.807, 2.05) is 18.3 Å². The molecule has 3 aromatic heterocycles. The van der Waals surface area contributed by atoms with Crippen LogP contribution >= 0.6 is 0 Å². The van der Waals surface area contributed by atoms with Crippen molar-refractivity contribution in [3.63, 3.8) is 0 Å². The Morgan fingerprint density at radius 3 is 3.22 bits per heavy atom. The number of carbonyl (C=O) groups excluding carboxylic acids is 1. The second-order valence-electron chi connectivity index (χ2n) is 5.52. The zero-order chi connectivity index (χ0) is 15.6. The second-order valence-corrected chi connectivity index (χ2v) is 5.52. The summed E-state index contributed by atoms with van der Waals surface area (Å²) in [6.45, 7) is 0.731. The molecule has 1 amide bonds. The fourth-order valence-electron chi connectivity index (χ4n) is 2.77. The molecule has 0 radical (unpaired) electrons. The third-order valence-electron chi connectivity index (χ3n) is 3.96. The van der Waals surface area contributed by atoms with Gasteiger partial charge in [-0.1, -0.05) is 5.16 Å². The van der Waals surface area contributed by atoms with Crippen molar-refractivity contribution < 1.29 is 9.32 Å². The van der Waals surface area contributed by atoms with Crippen LogP contribution in [-0.4, -0.2) is 31.6 Å². The van der Waals surface area contributed by atoms with E-state index in [0.717, 1.165) is 30.8 Å². The van der Waals surface area contributed by atoms with Crippen LogP contribution in [0.1, 0.15) is 22.7 Å². The van der Waals surface area contributed by atoms with Gasteiger partial charge in [0.2, 0.25) is 0 Å². The molecule has 3 aromatic rings. The number of fused-ring (bicyclic) bond motifs is 1. The van der Waals surface area contributed by atoms with Gasteiger partial charge in [0, 0.05) is 55.4 Å². The molecular weight excluding hydrogens is 294 g/mol. The second kappa shape index (κ2) is 5.68. The zero-order valence-electron chi connectivity index (χ0n) is 12.3. The molecule has 116 valence electrons. The van der Waals surface area contributed by atoms with Crippen molar-refractivity contribution in [3.05, 3.63) is 54.5 Å². The van der Waals surface area contributed by atoms with Crippen molar-refractivity contribution in [1.29, 1.82) is 0 Å². The molecule has 0 saturated carbocycles. The molecule has 1 aliphatic rings. The number of hydrogen-bond acceptors (Lipinski definition) is 5. The maximum atomic E-state index is 12.3. The van der Waals surface area contributed by atoms with E-state index in [-0.39, 0.29) is 17.6 Å². The number of rotatable bonds is 3. The van der Waals surface area contributed by atoms with Gasteiger partial charge in [-0.3, -0.25) is 9.78 Å². The normalized spacial score (nSPS) is 16.8. The Balaban J connectivity index is 1.45. The Labute approximate surface area is 132 Å². The lowest BCUT2D eigenvalue weighted by atomic mass is 10.1. The van der Waals surface area contributed by atoms with E-state index in [4.69, 9.17) is 4.52 Å². The van der Waals surface area contributed by atoms with Gasteiger partial charge in [-0.25, -0.2) is 4.98 Å². The molecule has 4 heterocycles. The summed E-state index contributed by atoms with van der Waals surface area (Å²) in [6, 6.07) is 5.37. The van der Waals surface area contributed by atoms with Crippen LogP contribution in [0.3, 0.4) is 0 Å². The highest BCUT2D eigenvalue weighted by molar-refractivity contribution is 5.93. The smallest absolute Gasteiger partial charge is 0.273 e. The molecule has 1 aliphatic heterocycles. The van der Waals surface area contributed by atoms with Crippen LogP contribution in [0.2, 0.25) is 0 Å². The summed E-state index contributed by atoms with van der Waals surface area (Å²) in [4.78, 5) is 20.6. The van der Waals surface area contributed by atoms with Crippen molar-refractivity contribution in [1.82, 2.24) is 25.0 Å². The van der Waals surface area contributed by atoms with E-state index in [0.29, 0.717) is 5.76 Å². The van der Waals surface area contributed by atoms with E-state index in [9.17, 15) is 4.79 Å². The van der Waals surface area contributed by atoms with Gasteiger partial charge >= 0.3 is 0 Å². The zero-order valence-corrected chi connectivity index (χ0v) is 12.3. The average Bonchev–Trinajstić information content (AvgIpc) is 3.24. The monoisotopic (exact) mass is 309 g/mol. The fraction of sp³-hybridized carbons (Fsp3) is 0.250. The molecule has 7 heteroatoms. The first kappa shape index (κ1) is 13.7. The van der Waals surface area contributed by atoms with Crippen LogP contribution in [-0.2, 0) is 13.0 Å². The van der Waals surface area contributed by atoms with Crippen LogP contribution < -0.4 is 5.32 Å². The maximum Gasteiger partial charge on any atom is 0.273 e. The molecule has 7 nitrogen and oxygen atoms in total. The van der Waals surface area contributed by atoms with Crippen LogP contribution in [0.15, 0.2) is 47.5 Å². The third kappa shape index (κ3) is 2.73. The van der Waals surface area contributed by atoms with Gasteiger partial charge in [-0.15, -0.1) is 0 Å². The molecule has 0 aromatic carbocycles. The molecule has 1 atom stereocenters. The molecule has 0 aliphatic carbocycles. The first-order valence-electron chi connectivity index (χ1n) is 7.47. The lowest BCUT2D eigenvalue weighted by Gasteiger charge is -2.24. The highest BCUT2D eigenvalue weighted by Gasteiger charge is 2.22. The molecule has 0 fully saturated rings. The number of hydrogen-bond donors (Lipinski definition) is 1. The van der Waals surface area contributed by atoms with E-state index >= 15 is 0 Å². The summed E-state index contributed by atoms with van der Waals surface area (Å²) in [5.41, 5.74) is 1.07. The van der Waals surface area contributed by atoms with Gasteiger partial charge in [0.25, 0.3) is 5.91 Å². The molecule has 23 heavy (non-hydrogen) atoms. The first-order chi connectivity index (χ1) is 11.3. The standard InChI is InChI=1S/C16H15N5O2/c22-16(19-12-3-4-15-18-6-7-21(15)10-12)13-8-14(23-20-13)11-2-1-5-17-9-11/h1-2,5-9,12H,3-4,10H2,(H,19,22)/t12-/m1/s1. The van der Waals surface area contributed by atoms with Gasteiger partial charge in [-0.2, -0.15) is 0 Å². The number of pyridine rings is 1. The Bertz CT molecular complexity index is 824. The van der Waals surface area contributed by atoms with Crippen LogP contribution in [0.25, 0.3) is 11.3 Å². The average molecular weight is 309 g/mol. The summed E-state index contributed by atoms with van der Waals surface area (Å²) in [6.07, 6.45) is 8.81. The van der Waals surface area contributed by atoms with Gasteiger partial charge in [0.15, 0.2) is 11.5 Å². The number of nitrogens with one attached hydrogen (secondary N) is 1. The van der Waals surface area contributed by atoms with E-state index in [1.165, 1.54) is 0 Å². The lowest BCUT2D eigenvalue weighted by Crippen LogP contribution is -2.41. The number of carbonyl (C=O) groups is 1. The minimum absolute atomic E-state index is 0.0720. The predicted molar refractivity (Wildman–Crippen MR) is 81.5 cm³/mol. The summed E-state index contributed by atoms with van der Waals surface area (Å²) in [7, 11) is 0. The summed E-state index contributed by atoms with van der Waals surface area (Å²) in [5.74, 6) is 1.37. The number of aromatic nitrogens is 4. The van der Waals surface area contributed by atoms with Crippen molar-refractivity contribution >= 4 is 5.91 Å². The summed E-state index contributed by atoms with van der Waals surface area (Å²) >= 11 is 0. The van der Waals surface area contributed by atoms with Gasteiger partial charge in [0.05, 0.1) is 0 Å². The van der Waals surface area contributed by atoms with Crippen LogP contribution in [0.5, 0.6) is 0 Å². The van der Waals surface area contributed by atoms with Gasteiger partial charge in [0.1, 0.15) is 5.82 Å². The number of imidazole rings is 1. The van der Waals surface area contributed by atoms with Crippen molar-refractivity contribution in [2.75, 3.05) is 0 Å². The van der Waals surface area contributed by atoms with E-state index in [2.05, 4.69) is 25.0 Å². The van der Waals surface area contributed by atoms with E-state index < -0.39 is 0 Å². The Kier molecular flexibility index (Phi) is 3.38. The van der Waals surface area contributed by atoms with Crippen molar-refractivity contribution in [2.45, 2.75) is 25.4 Å². The molecule has 0 saturated heterocycles. The molecular formula is C16H15N5O2. The lowest BCUT2D eigenvalue weighted by molar-refractivity contribution is 0.0918. The minimum atomic E-state index is -0.225.